The number of hydrogen-bond acceptors (Lipinski definition) is 2. The number of carboxylic acid groups (broad SMARTS) is 1. The molecule has 1 aliphatic rings. The minimum Gasteiger partial charge on any atom is -0.481 e. The van der Waals surface area contributed by atoms with Gasteiger partial charge in [-0.15, -0.1) is 0 Å². The second-order valence-corrected chi connectivity index (χ2v) is 5.32. The van der Waals surface area contributed by atoms with Gasteiger partial charge >= 0.3 is 5.97 Å². The third kappa shape index (κ3) is 2.47. The Labute approximate surface area is 106 Å². The Morgan fingerprint density at radius 3 is 2.89 bits per heavy atom. The maximum atomic E-state index is 13.3. The molecule has 3 nitrogen and oxygen atoms in total. The molecule has 4 heteroatoms. The number of benzene rings is 1. The highest BCUT2D eigenvalue weighted by molar-refractivity contribution is 5.80. The number of rotatable bonds is 3. The number of halogens is 1. The monoisotopic (exact) mass is 251 g/mol. The molecule has 0 aromatic heterocycles. The Balaban J connectivity index is 2.38. The average molecular weight is 251 g/mol. The van der Waals surface area contributed by atoms with E-state index >= 15 is 0 Å². The van der Waals surface area contributed by atoms with E-state index in [1.54, 1.807) is 6.07 Å². The molecule has 0 saturated carbocycles. The molecular formula is C14H18FNO2. The molecule has 0 bridgehead atoms. The average Bonchev–Trinajstić information content (AvgIpc) is 2.26. The summed E-state index contributed by atoms with van der Waals surface area (Å²) in [5.41, 5.74) is 1.31. The Bertz CT molecular complexity index is 459. The van der Waals surface area contributed by atoms with Crippen molar-refractivity contribution in [1.82, 2.24) is 0 Å². The zero-order valence-electron chi connectivity index (χ0n) is 10.6. The van der Waals surface area contributed by atoms with Crippen LogP contribution in [-0.4, -0.2) is 17.6 Å². The number of aliphatic carboxylic acids is 1. The van der Waals surface area contributed by atoms with Crippen molar-refractivity contribution in [3.8, 4) is 0 Å². The van der Waals surface area contributed by atoms with Crippen LogP contribution in [0.15, 0.2) is 18.2 Å². The van der Waals surface area contributed by atoms with Gasteiger partial charge in [0.15, 0.2) is 0 Å². The Morgan fingerprint density at radius 1 is 1.56 bits per heavy atom. The molecule has 0 aliphatic carbocycles. The topological polar surface area (TPSA) is 49.3 Å². The van der Waals surface area contributed by atoms with Crippen LogP contribution in [0.5, 0.6) is 0 Å². The van der Waals surface area contributed by atoms with Crippen molar-refractivity contribution in [1.29, 1.82) is 0 Å². The molecule has 1 heterocycles. The summed E-state index contributed by atoms with van der Waals surface area (Å²) in [5.74, 6) is -1.43. The van der Waals surface area contributed by atoms with Gasteiger partial charge in [-0.1, -0.05) is 13.8 Å². The highest BCUT2D eigenvalue weighted by Gasteiger charge is 2.35. The van der Waals surface area contributed by atoms with Crippen LogP contribution in [0.1, 0.15) is 31.7 Å². The molecule has 0 spiro atoms. The fourth-order valence-electron chi connectivity index (χ4n) is 2.72. The van der Waals surface area contributed by atoms with Crippen molar-refractivity contribution in [3.63, 3.8) is 0 Å². The van der Waals surface area contributed by atoms with Crippen LogP contribution in [0.2, 0.25) is 0 Å². The zero-order valence-corrected chi connectivity index (χ0v) is 10.6. The lowest BCUT2D eigenvalue weighted by atomic mass is 9.78. The normalized spacial score (nSPS) is 22.4. The van der Waals surface area contributed by atoms with Crippen LogP contribution in [0.3, 0.4) is 0 Å². The van der Waals surface area contributed by atoms with Gasteiger partial charge in [-0.05, 0) is 42.0 Å². The zero-order chi connectivity index (χ0) is 13.3. The molecule has 0 saturated heterocycles. The number of carbonyl (C=O) groups is 1. The predicted molar refractivity (Wildman–Crippen MR) is 68.2 cm³/mol. The number of hydrogen-bond donors (Lipinski definition) is 2. The molecule has 1 aromatic rings. The SMILES string of the molecule is CC(C)CC1CNc2ccc(F)cc2C1C(=O)O. The largest absolute Gasteiger partial charge is 0.481 e. The first-order valence-electron chi connectivity index (χ1n) is 6.25. The van der Waals surface area contributed by atoms with Crippen LogP contribution in [0.25, 0.3) is 0 Å². The van der Waals surface area contributed by atoms with Crippen molar-refractivity contribution in [2.75, 3.05) is 11.9 Å². The van der Waals surface area contributed by atoms with E-state index in [2.05, 4.69) is 19.2 Å². The van der Waals surface area contributed by atoms with Gasteiger partial charge in [-0.25, -0.2) is 4.39 Å². The van der Waals surface area contributed by atoms with E-state index in [1.807, 2.05) is 0 Å². The Kier molecular flexibility index (Phi) is 3.55. The van der Waals surface area contributed by atoms with Crippen molar-refractivity contribution >= 4 is 11.7 Å². The summed E-state index contributed by atoms with van der Waals surface area (Å²) < 4.78 is 13.3. The van der Waals surface area contributed by atoms with E-state index in [4.69, 9.17) is 0 Å². The van der Waals surface area contributed by atoms with Crippen LogP contribution >= 0.6 is 0 Å². The molecule has 2 rings (SSSR count). The summed E-state index contributed by atoms with van der Waals surface area (Å²) in [6.07, 6.45) is 0.819. The third-order valence-electron chi connectivity index (χ3n) is 3.41. The molecule has 0 radical (unpaired) electrons. The summed E-state index contributed by atoms with van der Waals surface area (Å²) >= 11 is 0. The molecule has 1 aromatic carbocycles. The van der Waals surface area contributed by atoms with Gasteiger partial charge in [-0.2, -0.15) is 0 Å². The van der Waals surface area contributed by atoms with E-state index in [-0.39, 0.29) is 11.7 Å². The molecule has 2 atom stereocenters. The molecule has 0 fully saturated rings. The molecule has 2 N–H and O–H groups in total. The van der Waals surface area contributed by atoms with Crippen LogP contribution in [-0.2, 0) is 4.79 Å². The first-order valence-corrected chi connectivity index (χ1v) is 6.25. The minimum atomic E-state index is -0.867. The van der Waals surface area contributed by atoms with Crippen molar-refractivity contribution in [3.05, 3.63) is 29.6 Å². The lowest BCUT2D eigenvalue weighted by molar-refractivity contribution is -0.140. The Hall–Kier alpha value is -1.58. The summed E-state index contributed by atoms with van der Waals surface area (Å²) in [5, 5.41) is 12.6. The van der Waals surface area contributed by atoms with Gasteiger partial charge in [-0.3, -0.25) is 4.79 Å². The molecular weight excluding hydrogens is 233 g/mol. The van der Waals surface area contributed by atoms with E-state index < -0.39 is 11.9 Å². The van der Waals surface area contributed by atoms with Gasteiger partial charge in [0.25, 0.3) is 0 Å². The fraction of sp³-hybridized carbons (Fsp3) is 0.500. The summed E-state index contributed by atoms with van der Waals surface area (Å²) in [7, 11) is 0. The molecule has 98 valence electrons. The van der Waals surface area contributed by atoms with Crippen molar-refractivity contribution in [2.45, 2.75) is 26.2 Å². The van der Waals surface area contributed by atoms with Crippen LogP contribution < -0.4 is 5.32 Å². The second-order valence-electron chi connectivity index (χ2n) is 5.32. The smallest absolute Gasteiger partial charge is 0.311 e. The minimum absolute atomic E-state index is 0.0109. The van der Waals surface area contributed by atoms with Gasteiger partial charge < -0.3 is 10.4 Å². The van der Waals surface area contributed by atoms with E-state index in [0.29, 0.717) is 18.0 Å². The van der Waals surface area contributed by atoms with Crippen LogP contribution in [0, 0.1) is 17.7 Å². The maximum absolute atomic E-state index is 13.3. The number of nitrogens with one attached hydrogen (secondary N) is 1. The molecule has 1 aliphatic heterocycles. The first kappa shape index (κ1) is 12.9. The maximum Gasteiger partial charge on any atom is 0.311 e. The summed E-state index contributed by atoms with van der Waals surface area (Å²) in [4.78, 5) is 11.5. The highest BCUT2D eigenvalue weighted by atomic mass is 19.1. The quantitative estimate of drug-likeness (QED) is 0.868. The Morgan fingerprint density at radius 2 is 2.28 bits per heavy atom. The van der Waals surface area contributed by atoms with Gasteiger partial charge in [0.1, 0.15) is 5.82 Å². The number of fused-ring (bicyclic) bond motifs is 1. The van der Waals surface area contributed by atoms with Crippen molar-refractivity contribution < 1.29 is 14.3 Å². The van der Waals surface area contributed by atoms with Crippen molar-refractivity contribution in [2.24, 2.45) is 11.8 Å². The summed E-state index contributed by atoms with van der Waals surface area (Å²) in [6.45, 7) is 4.77. The van der Waals surface area contributed by atoms with E-state index in [1.165, 1.54) is 12.1 Å². The van der Waals surface area contributed by atoms with Gasteiger partial charge in [0.2, 0.25) is 0 Å². The standard InChI is InChI=1S/C14H18FNO2/c1-8(2)5-9-7-16-12-4-3-10(15)6-11(12)13(9)14(17)18/h3-4,6,8-9,13,16H,5,7H2,1-2H3,(H,17,18). The number of carboxylic acids is 1. The summed E-state index contributed by atoms with van der Waals surface area (Å²) in [6, 6.07) is 4.31. The second kappa shape index (κ2) is 4.96. The highest BCUT2D eigenvalue weighted by Crippen LogP contribution is 2.38. The molecule has 0 amide bonds. The lowest BCUT2D eigenvalue weighted by Crippen LogP contribution is -2.33. The fourth-order valence-corrected chi connectivity index (χ4v) is 2.72. The van der Waals surface area contributed by atoms with Gasteiger partial charge in [0, 0.05) is 12.2 Å². The number of anilines is 1. The van der Waals surface area contributed by atoms with E-state index in [9.17, 15) is 14.3 Å². The molecule has 18 heavy (non-hydrogen) atoms. The predicted octanol–water partition coefficient (Wildman–Crippen LogP) is 3.08. The van der Waals surface area contributed by atoms with Crippen LogP contribution in [0.4, 0.5) is 10.1 Å². The van der Waals surface area contributed by atoms with E-state index in [0.717, 1.165) is 12.1 Å². The van der Waals surface area contributed by atoms with Gasteiger partial charge in [0.05, 0.1) is 5.92 Å². The molecule has 2 unspecified atom stereocenters. The lowest BCUT2D eigenvalue weighted by Gasteiger charge is -2.33. The third-order valence-corrected chi connectivity index (χ3v) is 3.41. The first-order chi connectivity index (χ1) is 8.49.